The highest BCUT2D eigenvalue weighted by atomic mass is 32.2. The first-order chi connectivity index (χ1) is 20.7. The second-order valence-electron chi connectivity index (χ2n) is 11.7. The lowest BCUT2D eigenvalue weighted by Crippen LogP contribution is -2.55. The van der Waals surface area contributed by atoms with Gasteiger partial charge in [0.1, 0.15) is 17.9 Å². The summed E-state index contributed by atoms with van der Waals surface area (Å²) in [6.07, 6.45) is 2.66. The van der Waals surface area contributed by atoms with Crippen molar-refractivity contribution in [1.29, 1.82) is 5.41 Å². The smallest absolute Gasteiger partial charge is 0.326 e. The summed E-state index contributed by atoms with van der Waals surface area (Å²) in [6.45, 7) is 2.53. The molecule has 13 heteroatoms. The first kappa shape index (κ1) is 32.8. The summed E-state index contributed by atoms with van der Waals surface area (Å²) in [6, 6.07) is 8.57. The molecule has 2 aliphatic rings. The summed E-state index contributed by atoms with van der Waals surface area (Å²) in [5.74, 6) is -2.12. The van der Waals surface area contributed by atoms with Crippen LogP contribution < -0.4 is 10.5 Å². The van der Waals surface area contributed by atoms with Gasteiger partial charge in [-0.05, 0) is 68.1 Å². The van der Waals surface area contributed by atoms with Crippen molar-refractivity contribution in [2.24, 2.45) is 5.73 Å². The summed E-state index contributed by atoms with van der Waals surface area (Å²) in [5, 5.41) is 17.7. The number of carboxylic acids is 1. The van der Waals surface area contributed by atoms with Crippen LogP contribution >= 0.6 is 0 Å². The Morgan fingerprint density at radius 3 is 2.57 bits per heavy atom. The molecule has 1 unspecified atom stereocenters. The molecule has 0 fully saturated rings. The maximum Gasteiger partial charge on any atom is 0.326 e. The van der Waals surface area contributed by atoms with E-state index in [1.807, 2.05) is 11.9 Å². The van der Waals surface area contributed by atoms with Crippen molar-refractivity contribution in [1.82, 2.24) is 19.4 Å². The first-order valence-corrected chi connectivity index (χ1v) is 15.8. The van der Waals surface area contributed by atoms with Crippen molar-refractivity contribution in [2.45, 2.75) is 55.6 Å². The highest BCUT2D eigenvalue weighted by molar-refractivity contribution is 7.89. The van der Waals surface area contributed by atoms with E-state index in [1.165, 1.54) is 15.9 Å². The van der Waals surface area contributed by atoms with Crippen LogP contribution in [-0.4, -0.2) is 98.2 Å². The Labute approximate surface area is 258 Å². The van der Waals surface area contributed by atoms with E-state index in [2.05, 4.69) is 4.72 Å². The Kier molecular flexibility index (Phi) is 9.91. The Morgan fingerprint density at radius 2 is 1.91 bits per heavy atom. The van der Waals surface area contributed by atoms with Crippen LogP contribution in [0.25, 0.3) is 0 Å². The maximum atomic E-state index is 14.0. The lowest BCUT2D eigenvalue weighted by Gasteiger charge is -2.35. The molecule has 0 radical (unpaired) electrons. The Bertz CT molecular complexity index is 1600. The number of benzene rings is 2. The van der Waals surface area contributed by atoms with Gasteiger partial charge in [0.2, 0.25) is 21.8 Å². The van der Waals surface area contributed by atoms with Gasteiger partial charge in [0.15, 0.2) is 0 Å². The minimum Gasteiger partial charge on any atom is -0.480 e. The Hall–Kier alpha value is -4.07. The number of hydrogen-bond donors (Lipinski definition) is 4. The van der Waals surface area contributed by atoms with Crippen molar-refractivity contribution in [2.75, 3.05) is 34.2 Å². The number of hydrogen-bond acceptors (Lipinski definition) is 7. The van der Waals surface area contributed by atoms with Gasteiger partial charge >= 0.3 is 5.97 Å². The zero-order valence-electron chi connectivity index (χ0n) is 25.4. The molecule has 2 aromatic rings. The lowest BCUT2D eigenvalue weighted by molar-refractivity contribution is -0.150. The van der Waals surface area contributed by atoms with E-state index in [4.69, 9.17) is 11.1 Å². The predicted molar refractivity (Wildman–Crippen MR) is 166 cm³/mol. The summed E-state index contributed by atoms with van der Waals surface area (Å²) in [5.41, 5.74) is 9.12. The molecule has 2 aromatic carbocycles. The molecular formula is C31H40N6O6S. The molecule has 0 saturated heterocycles. The van der Waals surface area contributed by atoms with Crippen LogP contribution in [0.4, 0.5) is 0 Å². The summed E-state index contributed by atoms with van der Waals surface area (Å²) < 4.78 is 30.4. The van der Waals surface area contributed by atoms with Gasteiger partial charge < -0.3 is 20.6 Å². The third-order valence-corrected chi connectivity index (χ3v) is 9.76. The fraction of sp³-hybridized carbons (Fsp3) is 0.419. The summed E-state index contributed by atoms with van der Waals surface area (Å²) in [7, 11) is 0.948. The molecule has 5 N–H and O–H groups in total. The van der Waals surface area contributed by atoms with Crippen molar-refractivity contribution < 1.29 is 27.9 Å². The van der Waals surface area contributed by atoms with Crippen LogP contribution in [0.5, 0.6) is 0 Å². The van der Waals surface area contributed by atoms with Gasteiger partial charge in [-0.1, -0.05) is 35.9 Å². The molecule has 0 saturated carbocycles. The minimum absolute atomic E-state index is 0.0279. The van der Waals surface area contributed by atoms with Crippen molar-refractivity contribution in [3.05, 3.63) is 76.4 Å². The Morgan fingerprint density at radius 1 is 1.18 bits per heavy atom. The van der Waals surface area contributed by atoms with Crippen molar-refractivity contribution in [3.8, 4) is 0 Å². The number of nitrogen functional groups attached to an aromatic ring is 1. The number of amidine groups is 1. The molecule has 0 spiro atoms. The molecule has 2 aliphatic heterocycles. The first-order valence-electron chi connectivity index (χ1n) is 14.4. The summed E-state index contributed by atoms with van der Waals surface area (Å²) in [4.78, 5) is 43.3. The van der Waals surface area contributed by atoms with Crippen LogP contribution in [0.2, 0.25) is 0 Å². The van der Waals surface area contributed by atoms with E-state index in [-0.39, 0.29) is 48.5 Å². The predicted octanol–water partition coefficient (Wildman–Crippen LogP) is 1.50. The molecule has 12 nitrogen and oxygen atoms in total. The largest absolute Gasteiger partial charge is 0.480 e. The molecule has 2 amide bonds. The number of amides is 2. The van der Waals surface area contributed by atoms with Gasteiger partial charge in [0.25, 0.3) is 0 Å². The number of carboxylic acid groups (broad SMARTS) is 1. The number of rotatable bonds is 10. The average molecular weight is 625 g/mol. The third kappa shape index (κ3) is 7.34. The number of likely N-dealkylation sites (N-methyl/N-ethyl adjacent to an activating group) is 1. The van der Waals surface area contributed by atoms with Gasteiger partial charge in [0, 0.05) is 45.2 Å². The summed E-state index contributed by atoms with van der Waals surface area (Å²) >= 11 is 0. The fourth-order valence-corrected chi connectivity index (χ4v) is 6.89. The minimum atomic E-state index is -4.30. The molecule has 0 aliphatic carbocycles. The molecule has 236 valence electrons. The van der Waals surface area contributed by atoms with Crippen LogP contribution in [0.1, 0.15) is 48.1 Å². The SMILES string of the molecule is CC1=CCN(C(=O)[C@H](Cc2cccc(C(=N)N)c2)NS(=O)(=O)c2ccc3c(c2)[C@H](CC(=O)N(C)C)N(C)CC3)C(C(=O)O)C1. The molecule has 0 aromatic heterocycles. The number of nitrogens with two attached hydrogens (primary N) is 1. The normalized spacial score (nSPS) is 19.5. The van der Waals surface area contributed by atoms with Crippen LogP contribution in [0, 0.1) is 5.41 Å². The number of sulfonamides is 1. The molecule has 3 atom stereocenters. The third-order valence-electron chi connectivity index (χ3n) is 8.29. The topological polar surface area (TPSA) is 177 Å². The van der Waals surface area contributed by atoms with Gasteiger partial charge in [-0.15, -0.1) is 0 Å². The van der Waals surface area contributed by atoms with Gasteiger partial charge in [-0.2, -0.15) is 4.72 Å². The molecule has 2 heterocycles. The van der Waals surface area contributed by atoms with Crippen LogP contribution in [0.3, 0.4) is 0 Å². The number of aliphatic carboxylic acids is 1. The molecule has 0 bridgehead atoms. The standard InChI is InChI=1S/C31H40N6O6S/c1-19-10-13-37(27(14-19)31(40)41)30(39)25(16-20-6-5-7-22(15-20)29(32)33)34-44(42,43)23-9-8-21-11-12-36(4)26(24(21)17-23)18-28(38)35(2)3/h5-10,15,17,25-27,34H,11-14,16,18H2,1-4H3,(H3,32,33)(H,40,41)/t25-,26-,27?/m0/s1. The highest BCUT2D eigenvalue weighted by Crippen LogP contribution is 2.33. The fourth-order valence-electron chi connectivity index (χ4n) is 5.66. The Balaban J connectivity index is 1.71. The van der Waals surface area contributed by atoms with E-state index >= 15 is 0 Å². The number of nitrogens with one attached hydrogen (secondary N) is 2. The number of carbonyl (C=O) groups is 3. The van der Waals surface area contributed by atoms with E-state index in [0.29, 0.717) is 24.1 Å². The lowest BCUT2D eigenvalue weighted by atomic mass is 9.91. The van der Waals surface area contributed by atoms with Crippen molar-refractivity contribution in [3.63, 3.8) is 0 Å². The zero-order valence-corrected chi connectivity index (χ0v) is 26.2. The maximum absolute atomic E-state index is 14.0. The average Bonchev–Trinajstić information content (AvgIpc) is 2.97. The second kappa shape index (κ2) is 13.3. The van der Waals surface area contributed by atoms with E-state index in [1.54, 1.807) is 63.5 Å². The molecule has 44 heavy (non-hydrogen) atoms. The zero-order chi connectivity index (χ0) is 32.3. The van der Waals surface area contributed by atoms with Crippen molar-refractivity contribution >= 4 is 33.6 Å². The van der Waals surface area contributed by atoms with Crippen LogP contribution in [0.15, 0.2) is 59.0 Å². The second-order valence-corrected chi connectivity index (χ2v) is 13.4. The van der Waals surface area contributed by atoms with E-state index < -0.39 is 34.0 Å². The quantitative estimate of drug-likeness (QED) is 0.175. The van der Waals surface area contributed by atoms with Gasteiger partial charge in [-0.3, -0.25) is 19.9 Å². The van der Waals surface area contributed by atoms with E-state index in [0.717, 1.165) is 16.7 Å². The van der Waals surface area contributed by atoms with Gasteiger partial charge in [-0.25, -0.2) is 13.2 Å². The molecular weight excluding hydrogens is 584 g/mol. The number of nitrogens with zero attached hydrogens (tertiary/aromatic N) is 3. The number of fused-ring (bicyclic) bond motifs is 1. The molecule has 4 rings (SSSR count). The van der Waals surface area contributed by atoms with Gasteiger partial charge in [0.05, 0.1) is 4.90 Å². The van der Waals surface area contributed by atoms with E-state index in [9.17, 15) is 27.9 Å². The number of carbonyl (C=O) groups excluding carboxylic acids is 2. The monoisotopic (exact) mass is 624 g/mol. The highest BCUT2D eigenvalue weighted by Gasteiger charge is 2.38. The van der Waals surface area contributed by atoms with Crippen LogP contribution in [-0.2, 0) is 37.2 Å².